The number of aromatic amines is 1. The van der Waals surface area contributed by atoms with Crippen molar-refractivity contribution in [1.82, 2.24) is 10.1 Å². The van der Waals surface area contributed by atoms with Gasteiger partial charge >= 0.3 is 0 Å². The number of hydrogen-bond acceptors (Lipinski definition) is 5. The highest BCUT2D eigenvalue weighted by Gasteiger charge is 2.37. The van der Waals surface area contributed by atoms with Crippen molar-refractivity contribution in [1.29, 1.82) is 0 Å². The summed E-state index contributed by atoms with van der Waals surface area (Å²) in [5.41, 5.74) is 3.88. The quantitative estimate of drug-likeness (QED) is 0.376. The number of halogens is 1. The molecule has 0 radical (unpaired) electrons. The van der Waals surface area contributed by atoms with Gasteiger partial charge in [0.15, 0.2) is 0 Å². The number of aryl methyl sites for hydroxylation is 1. The van der Waals surface area contributed by atoms with E-state index in [-0.39, 0.29) is 29.2 Å². The lowest BCUT2D eigenvalue weighted by Gasteiger charge is -2.41. The lowest BCUT2D eigenvalue weighted by Crippen LogP contribution is -2.37. The molecule has 7 heteroatoms. The second kappa shape index (κ2) is 7.25. The van der Waals surface area contributed by atoms with Crippen LogP contribution in [-0.4, -0.2) is 32.7 Å². The zero-order valence-corrected chi connectivity index (χ0v) is 17.7. The third kappa shape index (κ3) is 3.14. The van der Waals surface area contributed by atoms with Crippen LogP contribution in [-0.2, 0) is 5.41 Å². The van der Waals surface area contributed by atoms with E-state index in [1.54, 1.807) is 19.1 Å². The van der Waals surface area contributed by atoms with E-state index in [0.29, 0.717) is 21.6 Å². The van der Waals surface area contributed by atoms with Crippen molar-refractivity contribution in [2.75, 3.05) is 6.61 Å². The van der Waals surface area contributed by atoms with Crippen molar-refractivity contribution in [2.24, 2.45) is 0 Å². The Balaban J connectivity index is 1.58. The van der Waals surface area contributed by atoms with Gasteiger partial charge in [0.05, 0.1) is 28.4 Å². The maximum absolute atomic E-state index is 12.9. The van der Waals surface area contributed by atoms with E-state index in [2.05, 4.69) is 10.1 Å². The lowest BCUT2D eigenvalue weighted by molar-refractivity contribution is 0.0999. The molecule has 2 aromatic heterocycles. The molecule has 3 N–H and O–H groups in total. The molecule has 2 aromatic carbocycles. The lowest BCUT2D eigenvalue weighted by atomic mass is 9.65. The van der Waals surface area contributed by atoms with Crippen LogP contribution >= 0.6 is 11.6 Å². The molecule has 1 aliphatic rings. The highest BCUT2D eigenvalue weighted by Crippen LogP contribution is 2.44. The van der Waals surface area contributed by atoms with Crippen LogP contribution in [0.25, 0.3) is 22.0 Å². The number of benzene rings is 2. The second-order valence-corrected chi connectivity index (χ2v) is 8.66. The third-order valence-corrected chi connectivity index (χ3v) is 6.68. The van der Waals surface area contributed by atoms with Crippen LogP contribution in [0.4, 0.5) is 0 Å². The Kier molecular flexibility index (Phi) is 4.64. The molecule has 1 fully saturated rings. The molecule has 0 saturated heterocycles. The Labute approximate surface area is 183 Å². The average Bonchev–Trinajstić information content (AvgIpc) is 3.29. The van der Waals surface area contributed by atoms with Crippen molar-refractivity contribution in [3.63, 3.8) is 0 Å². The number of H-pyrrole nitrogens is 1. The zero-order valence-electron chi connectivity index (χ0n) is 16.9. The Morgan fingerprint density at radius 3 is 2.55 bits per heavy atom. The molecule has 0 amide bonds. The molecule has 4 aromatic rings. The summed E-state index contributed by atoms with van der Waals surface area (Å²) in [5.74, 6) is -0.639. The molecular formula is C24H21ClN2O4. The van der Waals surface area contributed by atoms with E-state index in [9.17, 15) is 15.0 Å². The van der Waals surface area contributed by atoms with Crippen molar-refractivity contribution < 1.29 is 19.5 Å². The second-order valence-electron chi connectivity index (χ2n) is 8.26. The molecule has 0 bridgehead atoms. The smallest absolute Gasteiger partial charge is 0.237 e. The molecule has 1 aliphatic carbocycles. The van der Waals surface area contributed by atoms with Crippen LogP contribution in [0.1, 0.15) is 46.6 Å². The minimum atomic E-state index is -0.456. The average molecular weight is 437 g/mol. The van der Waals surface area contributed by atoms with Crippen LogP contribution in [0.3, 0.4) is 0 Å². The number of aliphatic hydroxyl groups excluding tert-OH is 1. The first-order valence-corrected chi connectivity index (χ1v) is 10.5. The summed E-state index contributed by atoms with van der Waals surface area (Å²) >= 11 is 6.54. The number of nitrogens with zero attached hydrogens (tertiary/aromatic N) is 1. The Morgan fingerprint density at radius 2 is 1.97 bits per heavy atom. The third-order valence-electron chi connectivity index (χ3n) is 6.37. The SMILES string of the molecule is Cc1cc(C(=O)c2c(O)[nH]c3cc(Cl)c(-c4ccc(C5(CO)CCC5)cc4)cc23)on1. The number of aromatic nitrogens is 2. The Hall–Kier alpha value is -3.09. The number of ketones is 1. The van der Waals surface area contributed by atoms with E-state index in [0.717, 1.165) is 36.0 Å². The van der Waals surface area contributed by atoms with Gasteiger partial charge in [-0.3, -0.25) is 4.79 Å². The predicted octanol–water partition coefficient (Wildman–Crippen LogP) is 5.14. The molecule has 0 unspecified atom stereocenters. The summed E-state index contributed by atoms with van der Waals surface area (Å²) in [6.07, 6.45) is 3.11. The Bertz CT molecular complexity index is 1290. The van der Waals surface area contributed by atoms with Gasteiger partial charge in [-0.15, -0.1) is 0 Å². The van der Waals surface area contributed by atoms with Gasteiger partial charge in [-0.25, -0.2) is 0 Å². The molecule has 2 heterocycles. The number of hydrogen-bond donors (Lipinski definition) is 3. The first-order chi connectivity index (χ1) is 14.9. The van der Waals surface area contributed by atoms with Crippen molar-refractivity contribution in [3.05, 3.63) is 70.1 Å². The van der Waals surface area contributed by atoms with Gasteiger partial charge in [0.1, 0.15) is 0 Å². The number of fused-ring (bicyclic) bond motifs is 1. The number of nitrogens with one attached hydrogen (secondary N) is 1. The first-order valence-electron chi connectivity index (χ1n) is 10.2. The minimum Gasteiger partial charge on any atom is -0.494 e. The normalized spacial score (nSPS) is 15.2. The number of rotatable bonds is 5. The summed E-state index contributed by atoms with van der Waals surface area (Å²) in [7, 11) is 0. The van der Waals surface area contributed by atoms with Crippen molar-refractivity contribution in [2.45, 2.75) is 31.6 Å². The molecule has 5 rings (SSSR count). The van der Waals surface area contributed by atoms with Gasteiger partial charge in [-0.1, -0.05) is 47.4 Å². The summed E-state index contributed by atoms with van der Waals surface area (Å²) < 4.78 is 5.09. The molecular weight excluding hydrogens is 416 g/mol. The fourth-order valence-electron chi connectivity index (χ4n) is 4.39. The maximum atomic E-state index is 12.9. The van der Waals surface area contributed by atoms with Gasteiger partial charge in [0.25, 0.3) is 0 Å². The van der Waals surface area contributed by atoms with E-state index in [4.69, 9.17) is 16.1 Å². The fraction of sp³-hybridized carbons (Fsp3) is 0.250. The fourth-order valence-corrected chi connectivity index (χ4v) is 4.66. The maximum Gasteiger partial charge on any atom is 0.237 e. The predicted molar refractivity (Wildman–Crippen MR) is 118 cm³/mol. The van der Waals surface area contributed by atoms with E-state index < -0.39 is 5.78 Å². The topological polar surface area (TPSA) is 99.3 Å². The van der Waals surface area contributed by atoms with Crippen molar-refractivity contribution >= 4 is 28.3 Å². The van der Waals surface area contributed by atoms with E-state index >= 15 is 0 Å². The molecule has 31 heavy (non-hydrogen) atoms. The van der Waals surface area contributed by atoms with Crippen molar-refractivity contribution in [3.8, 4) is 17.0 Å². The number of aliphatic hydroxyl groups is 1. The van der Waals surface area contributed by atoms with E-state index in [1.807, 2.05) is 24.3 Å². The van der Waals surface area contributed by atoms with Gasteiger partial charge in [0.2, 0.25) is 17.4 Å². The molecule has 158 valence electrons. The molecule has 0 aliphatic heterocycles. The van der Waals surface area contributed by atoms with Crippen LogP contribution in [0.15, 0.2) is 47.0 Å². The van der Waals surface area contributed by atoms with Crippen LogP contribution < -0.4 is 0 Å². The van der Waals surface area contributed by atoms with Gasteiger partial charge < -0.3 is 19.7 Å². The van der Waals surface area contributed by atoms with Crippen LogP contribution in [0, 0.1) is 6.92 Å². The summed E-state index contributed by atoms with van der Waals surface area (Å²) in [4.78, 5) is 15.8. The van der Waals surface area contributed by atoms with Gasteiger partial charge in [-0.05, 0) is 43.0 Å². The van der Waals surface area contributed by atoms with Gasteiger partial charge in [-0.2, -0.15) is 0 Å². The standard InChI is InChI=1S/C24H21ClN2O4/c1-13-9-20(31-27-13)22(29)21-17-10-16(18(25)11-19(17)26-23(21)30)14-3-5-15(6-4-14)24(12-28)7-2-8-24/h3-6,9-11,26,28,30H,2,7-8,12H2,1H3. The van der Waals surface area contributed by atoms with Crippen LogP contribution in [0.2, 0.25) is 5.02 Å². The molecule has 0 atom stereocenters. The van der Waals surface area contributed by atoms with E-state index in [1.165, 1.54) is 6.07 Å². The summed E-state index contributed by atoms with van der Waals surface area (Å²) in [6, 6.07) is 13.0. The molecule has 0 spiro atoms. The summed E-state index contributed by atoms with van der Waals surface area (Å²) in [6.45, 7) is 1.87. The van der Waals surface area contributed by atoms with Gasteiger partial charge in [0, 0.05) is 22.4 Å². The first kappa shape index (κ1) is 19.8. The number of carbonyl (C=O) groups excluding carboxylic acids is 1. The molecule has 6 nitrogen and oxygen atoms in total. The monoisotopic (exact) mass is 436 g/mol. The Morgan fingerprint density at radius 1 is 1.23 bits per heavy atom. The highest BCUT2D eigenvalue weighted by molar-refractivity contribution is 6.34. The molecule has 1 saturated carbocycles. The minimum absolute atomic E-state index is 0.0596. The summed E-state index contributed by atoms with van der Waals surface area (Å²) in [5, 5.41) is 25.0. The van der Waals surface area contributed by atoms with Crippen LogP contribution in [0.5, 0.6) is 5.88 Å². The largest absolute Gasteiger partial charge is 0.494 e. The highest BCUT2D eigenvalue weighted by atomic mass is 35.5. The number of carbonyl (C=O) groups is 1. The zero-order chi connectivity index (χ0) is 21.8. The number of aromatic hydroxyl groups is 1.